The van der Waals surface area contributed by atoms with Crippen LogP contribution in [0.5, 0.6) is 0 Å². The first-order valence-corrected chi connectivity index (χ1v) is 8.88. The Labute approximate surface area is 150 Å². The molecule has 0 bridgehead atoms. The lowest BCUT2D eigenvalue weighted by atomic mass is 10.2. The molecule has 0 aliphatic rings. The third kappa shape index (κ3) is 3.87. The number of rotatable bonds is 5. The molecule has 0 radical (unpaired) electrons. The van der Waals surface area contributed by atoms with Crippen LogP contribution in [0.4, 0.5) is 9.39 Å². The van der Waals surface area contributed by atoms with Crippen LogP contribution in [0.3, 0.4) is 0 Å². The molecule has 126 valence electrons. The number of thioether (sulfide) groups is 1. The first-order chi connectivity index (χ1) is 12.1. The Bertz CT molecular complexity index is 948. The summed E-state index contributed by atoms with van der Waals surface area (Å²) < 4.78 is 19.2. The molecule has 3 rings (SSSR count). The van der Waals surface area contributed by atoms with E-state index in [1.807, 2.05) is 6.07 Å². The van der Waals surface area contributed by atoms with Crippen LogP contribution < -0.4 is 5.32 Å². The Morgan fingerprint density at radius 1 is 1.40 bits per heavy atom. The molecule has 6 nitrogen and oxygen atoms in total. The van der Waals surface area contributed by atoms with Crippen LogP contribution in [-0.2, 0) is 4.79 Å². The number of nitrogens with one attached hydrogen (secondary N) is 1. The second-order valence-corrected chi connectivity index (χ2v) is 7.09. The zero-order valence-electron chi connectivity index (χ0n) is 12.9. The fourth-order valence-corrected chi connectivity index (χ4v) is 3.34. The van der Waals surface area contributed by atoms with Gasteiger partial charge >= 0.3 is 0 Å². The monoisotopic (exact) mass is 374 g/mol. The maximum Gasteiger partial charge on any atom is 0.277 e. The van der Waals surface area contributed by atoms with Crippen LogP contribution in [0.25, 0.3) is 11.5 Å². The fraction of sp³-hybridized carbons (Fsp3) is 0.125. The normalized spacial score (nSPS) is 11.7. The third-order valence-corrected chi connectivity index (χ3v) is 4.94. The summed E-state index contributed by atoms with van der Waals surface area (Å²) in [6.45, 7) is 1.67. The van der Waals surface area contributed by atoms with Crippen molar-refractivity contribution in [2.24, 2.45) is 0 Å². The first-order valence-electron chi connectivity index (χ1n) is 7.12. The molecule has 1 amide bonds. The van der Waals surface area contributed by atoms with Gasteiger partial charge in [-0.3, -0.25) is 4.79 Å². The molecule has 0 aliphatic carbocycles. The van der Waals surface area contributed by atoms with Gasteiger partial charge in [0.05, 0.1) is 16.4 Å². The summed E-state index contributed by atoms with van der Waals surface area (Å²) in [4.78, 5) is 12.2. The predicted molar refractivity (Wildman–Crippen MR) is 92.7 cm³/mol. The van der Waals surface area contributed by atoms with Crippen molar-refractivity contribution < 1.29 is 13.6 Å². The van der Waals surface area contributed by atoms with Crippen molar-refractivity contribution in [3.8, 4) is 17.5 Å². The van der Waals surface area contributed by atoms with Gasteiger partial charge in [-0.2, -0.15) is 5.26 Å². The van der Waals surface area contributed by atoms with Crippen LogP contribution in [0, 0.1) is 17.1 Å². The fourth-order valence-electron chi connectivity index (χ4n) is 1.91. The summed E-state index contributed by atoms with van der Waals surface area (Å²) >= 11 is 2.33. The molecule has 0 fully saturated rings. The zero-order chi connectivity index (χ0) is 17.8. The number of nitrogens with zero attached hydrogens (tertiary/aromatic N) is 3. The van der Waals surface area contributed by atoms with E-state index in [0.717, 1.165) is 11.8 Å². The van der Waals surface area contributed by atoms with Crippen LogP contribution >= 0.6 is 23.1 Å². The van der Waals surface area contributed by atoms with Crippen molar-refractivity contribution in [2.45, 2.75) is 17.4 Å². The Morgan fingerprint density at radius 3 is 2.96 bits per heavy atom. The Hall–Kier alpha value is -2.70. The molecule has 0 saturated carbocycles. The highest BCUT2D eigenvalue weighted by Gasteiger charge is 2.20. The molecule has 25 heavy (non-hydrogen) atoms. The Morgan fingerprint density at radius 2 is 2.20 bits per heavy atom. The van der Waals surface area contributed by atoms with Crippen molar-refractivity contribution in [3.63, 3.8) is 0 Å². The van der Waals surface area contributed by atoms with Crippen molar-refractivity contribution in [2.75, 3.05) is 5.32 Å². The molecule has 0 aliphatic heterocycles. The number of nitriles is 1. The lowest BCUT2D eigenvalue weighted by Gasteiger charge is -2.08. The zero-order valence-corrected chi connectivity index (χ0v) is 14.5. The summed E-state index contributed by atoms with van der Waals surface area (Å²) in [6.07, 6.45) is 0. The van der Waals surface area contributed by atoms with Gasteiger partial charge in [0.2, 0.25) is 5.91 Å². The topological polar surface area (TPSA) is 91.8 Å². The van der Waals surface area contributed by atoms with Crippen LogP contribution in [0.15, 0.2) is 45.4 Å². The SMILES string of the molecule is C[C@@H](Sc1nnc(-c2ccccc2F)o1)C(=O)Nc1sccc1C#N. The maximum atomic E-state index is 13.7. The average Bonchev–Trinajstić information content (AvgIpc) is 3.24. The number of carbonyl (C=O) groups is 1. The number of halogens is 1. The summed E-state index contributed by atoms with van der Waals surface area (Å²) in [6, 6.07) is 9.71. The maximum absolute atomic E-state index is 13.7. The van der Waals surface area contributed by atoms with Crippen molar-refractivity contribution in [1.82, 2.24) is 10.2 Å². The smallest absolute Gasteiger partial charge is 0.277 e. The molecule has 1 N–H and O–H groups in total. The molecule has 0 saturated heterocycles. The molecular weight excluding hydrogens is 363 g/mol. The van der Waals surface area contributed by atoms with E-state index in [4.69, 9.17) is 9.68 Å². The third-order valence-electron chi connectivity index (χ3n) is 3.18. The minimum atomic E-state index is -0.539. The van der Waals surface area contributed by atoms with Crippen LogP contribution in [0.1, 0.15) is 12.5 Å². The minimum Gasteiger partial charge on any atom is -0.411 e. The van der Waals surface area contributed by atoms with Crippen molar-refractivity contribution in [3.05, 3.63) is 47.1 Å². The second kappa shape index (κ2) is 7.46. The van der Waals surface area contributed by atoms with E-state index < -0.39 is 11.1 Å². The number of hydrogen-bond acceptors (Lipinski definition) is 7. The van der Waals surface area contributed by atoms with Gasteiger partial charge in [0.25, 0.3) is 11.1 Å². The number of aromatic nitrogens is 2. The highest BCUT2D eigenvalue weighted by atomic mass is 32.2. The van der Waals surface area contributed by atoms with Gasteiger partial charge in [-0.1, -0.05) is 23.9 Å². The molecule has 2 heterocycles. The van der Waals surface area contributed by atoms with Gasteiger partial charge in [-0.05, 0) is 30.5 Å². The largest absolute Gasteiger partial charge is 0.411 e. The standard InChI is InChI=1S/C16H11FN4O2S2/c1-9(13(22)19-15-10(8-18)6-7-24-15)25-16-21-20-14(23-16)11-4-2-3-5-12(11)17/h2-7,9H,1H3,(H,19,22)/t9-/m1/s1. The quantitative estimate of drug-likeness (QED) is 0.681. The lowest BCUT2D eigenvalue weighted by Crippen LogP contribution is -2.22. The Kier molecular flexibility index (Phi) is 5.11. The van der Waals surface area contributed by atoms with E-state index in [1.54, 1.807) is 30.5 Å². The second-order valence-electron chi connectivity index (χ2n) is 4.88. The van der Waals surface area contributed by atoms with E-state index in [1.165, 1.54) is 23.5 Å². The van der Waals surface area contributed by atoms with Gasteiger partial charge in [0, 0.05) is 0 Å². The summed E-state index contributed by atoms with van der Waals surface area (Å²) in [5, 5.41) is 21.2. The van der Waals surface area contributed by atoms with E-state index in [-0.39, 0.29) is 22.6 Å². The van der Waals surface area contributed by atoms with Crippen molar-refractivity contribution in [1.29, 1.82) is 5.26 Å². The van der Waals surface area contributed by atoms with Gasteiger partial charge < -0.3 is 9.73 Å². The lowest BCUT2D eigenvalue weighted by molar-refractivity contribution is -0.115. The van der Waals surface area contributed by atoms with E-state index >= 15 is 0 Å². The average molecular weight is 374 g/mol. The molecule has 3 aromatic rings. The van der Waals surface area contributed by atoms with Gasteiger partial charge in [0.1, 0.15) is 16.9 Å². The number of anilines is 1. The first kappa shape index (κ1) is 17.1. The van der Waals surface area contributed by atoms with Crippen molar-refractivity contribution >= 4 is 34.0 Å². The van der Waals surface area contributed by atoms with E-state index in [2.05, 4.69) is 15.5 Å². The van der Waals surface area contributed by atoms with Gasteiger partial charge in [-0.15, -0.1) is 21.5 Å². The molecule has 2 aromatic heterocycles. The van der Waals surface area contributed by atoms with E-state index in [0.29, 0.717) is 10.6 Å². The summed E-state index contributed by atoms with van der Waals surface area (Å²) in [5.74, 6) is -0.706. The van der Waals surface area contributed by atoms with Crippen LogP contribution in [0.2, 0.25) is 0 Å². The Balaban J connectivity index is 1.67. The molecule has 0 unspecified atom stereocenters. The summed E-state index contributed by atoms with van der Waals surface area (Å²) in [5.41, 5.74) is 0.617. The number of hydrogen-bond donors (Lipinski definition) is 1. The number of carbonyl (C=O) groups excluding carboxylic acids is 1. The summed E-state index contributed by atoms with van der Waals surface area (Å²) in [7, 11) is 0. The highest BCUT2D eigenvalue weighted by molar-refractivity contribution is 8.00. The van der Waals surface area contributed by atoms with Crippen LogP contribution in [-0.4, -0.2) is 21.4 Å². The number of amides is 1. The minimum absolute atomic E-state index is 0.0539. The highest BCUT2D eigenvalue weighted by Crippen LogP contribution is 2.29. The molecular formula is C16H11FN4O2S2. The predicted octanol–water partition coefficient (Wildman–Crippen LogP) is 3.93. The molecule has 1 aromatic carbocycles. The number of benzene rings is 1. The molecule has 1 atom stereocenters. The van der Waals surface area contributed by atoms with Gasteiger partial charge in [0.15, 0.2) is 0 Å². The molecule has 0 spiro atoms. The number of thiophene rings is 1. The van der Waals surface area contributed by atoms with Gasteiger partial charge in [-0.25, -0.2) is 4.39 Å². The molecule has 9 heteroatoms. The van der Waals surface area contributed by atoms with E-state index in [9.17, 15) is 9.18 Å².